The van der Waals surface area contributed by atoms with Crippen molar-refractivity contribution in [2.45, 2.75) is 13.0 Å². The third kappa shape index (κ3) is 4.18. The van der Waals surface area contributed by atoms with E-state index >= 15 is 0 Å². The minimum atomic E-state index is -0.696. The molecule has 1 atom stereocenters. The Balaban J connectivity index is 1.57. The van der Waals surface area contributed by atoms with Gasteiger partial charge >= 0.3 is 5.97 Å². The molecular formula is C19H15Cl2NO4. The molecule has 1 aromatic heterocycles. The van der Waals surface area contributed by atoms with Crippen LogP contribution in [0.4, 0.5) is 0 Å². The van der Waals surface area contributed by atoms with E-state index in [1.54, 1.807) is 6.92 Å². The number of amides is 1. The number of carbonyl (C=O) groups is 2. The number of para-hydroxylation sites is 1. The first-order valence-corrected chi connectivity index (χ1v) is 8.59. The molecule has 0 aliphatic heterocycles. The molecule has 1 amide bonds. The van der Waals surface area contributed by atoms with E-state index < -0.39 is 18.5 Å². The molecule has 134 valence electrons. The molecular weight excluding hydrogens is 377 g/mol. The van der Waals surface area contributed by atoms with Crippen LogP contribution in [0.15, 0.2) is 52.9 Å². The Morgan fingerprint density at radius 3 is 2.65 bits per heavy atom. The van der Waals surface area contributed by atoms with Gasteiger partial charge in [0.15, 0.2) is 6.61 Å². The summed E-state index contributed by atoms with van der Waals surface area (Å²) in [7, 11) is 0. The molecule has 3 aromatic rings. The van der Waals surface area contributed by atoms with Gasteiger partial charge in [-0.2, -0.15) is 0 Å². The van der Waals surface area contributed by atoms with E-state index in [2.05, 4.69) is 5.32 Å². The number of hydrogen-bond acceptors (Lipinski definition) is 4. The Labute approximate surface area is 159 Å². The van der Waals surface area contributed by atoms with Crippen LogP contribution in [0.2, 0.25) is 10.0 Å². The Morgan fingerprint density at radius 2 is 1.92 bits per heavy atom. The van der Waals surface area contributed by atoms with Crippen molar-refractivity contribution in [3.63, 3.8) is 0 Å². The SMILES string of the molecule is CC(NC(=O)COC(=O)c1ccc(Cl)cc1Cl)c1cc2ccccc2o1. The lowest BCUT2D eigenvalue weighted by Gasteiger charge is -2.12. The molecule has 0 aliphatic carbocycles. The normalized spacial score (nSPS) is 12.0. The molecule has 0 fully saturated rings. The Bertz CT molecular complexity index is 934. The maximum Gasteiger partial charge on any atom is 0.340 e. The van der Waals surface area contributed by atoms with E-state index in [1.165, 1.54) is 18.2 Å². The minimum absolute atomic E-state index is 0.147. The van der Waals surface area contributed by atoms with Crippen molar-refractivity contribution in [3.8, 4) is 0 Å². The lowest BCUT2D eigenvalue weighted by Crippen LogP contribution is -2.31. The smallest absolute Gasteiger partial charge is 0.340 e. The van der Waals surface area contributed by atoms with Crippen LogP contribution in [0.25, 0.3) is 11.0 Å². The van der Waals surface area contributed by atoms with Crippen molar-refractivity contribution < 1.29 is 18.7 Å². The number of halogens is 2. The quantitative estimate of drug-likeness (QED) is 0.635. The lowest BCUT2D eigenvalue weighted by atomic mass is 10.2. The number of nitrogens with one attached hydrogen (secondary N) is 1. The summed E-state index contributed by atoms with van der Waals surface area (Å²) in [6, 6.07) is 13.5. The van der Waals surface area contributed by atoms with E-state index in [0.717, 1.165) is 11.0 Å². The van der Waals surface area contributed by atoms with Crippen molar-refractivity contribution in [3.05, 3.63) is 69.9 Å². The fraction of sp³-hybridized carbons (Fsp3) is 0.158. The third-order valence-electron chi connectivity index (χ3n) is 3.73. The number of carbonyl (C=O) groups excluding carboxylic acids is 2. The highest BCUT2D eigenvalue weighted by Gasteiger charge is 2.17. The van der Waals surface area contributed by atoms with Gasteiger partial charge in [-0.25, -0.2) is 4.79 Å². The van der Waals surface area contributed by atoms with E-state index in [1.807, 2.05) is 30.3 Å². The zero-order valence-corrected chi connectivity index (χ0v) is 15.3. The minimum Gasteiger partial charge on any atom is -0.459 e. The number of hydrogen-bond donors (Lipinski definition) is 1. The monoisotopic (exact) mass is 391 g/mol. The summed E-state index contributed by atoms with van der Waals surface area (Å²) < 4.78 is 10.7. The zero-order valence-electron chi connectivity index (χ0n) is 13.8. The molecule has 26 heavy (non-hydrogen) atoms. The van der Waals surface area contributed by atoms with Crippen molar-refractivity contribution in [1.29, 1.82) is 0 Å². The van der Waals surface area contributed by atoms with Gasteiger partial charge in [0.2, 0.25) is 0 Å². The average Bonchev–Trinajstić information content (AvgIpc) is 3.04. The topological polar surface area (TPSA) is 68.5 Å². The number of benzene rings is 2. The molecule has 0 saturated carbocycles. The first-order valence-electron chi connectivity index (χ1n) is 7.84. The summed E-state index contributed by atoms with van der Waals surface area (Å²) in [5.41, 5.74) is 0.890. The van der Waals surface area contributed by atoms with Crippen LogP contribution in [-0.2, 0) is 9.53 Å². The van der Waals surface area contributed by atoms with E-state index in [-0.39, 0.29) is 16.6 Å². The van der Waals surface area contributed by atoms with Crippen LogP contribution in [-0.4, -0.2) is 18.5 Å². The van der Waals surface area contributed by atoms with Crippen molar-refractivity contribution in [1.82, 2.24) is 5.32 Å². The molecule has 3 rings (SSSR count). The van der Waals surface area contributed by atoms with Crippen LogP contribution < -0.4 is 5.32 Å². The highest BCUT2D eigenvalue weighted by molar-refractivity contribution is 6.36. The van der Waals surface area contributed by atoms with Gasteiger partial charge in [-0.05, 0) is 37.3 Å². The Hall–Kier alpha value is -2.50. The van der Waals surface area contributed by atoms with Crippen LogP contribution in [0.3, 0.4) is 0 Å². The molecule has 1 heterocycles. The average molecular weight is 392 g/mol. The second-order valence-electron chi connectivity index (χ2n) is 5.68. The molecule has 0 saturated heterocycles. The molecule has 1 N–H and O–H groups in total. The molecule has 0 radical (unpaired) electrons. The highest BCUT2D eigenvalue weighted by Crippen LogP contribution is 2.24. The van der Waals surface area contributed by atoms with Crippen LogP contribution in [0.5, 0.6) is 0 Å². The number of fused-ring (bicyclic) bond motifs is 1. The Morgan fingerprint density at radius 1 is 1.15 bits per heavy atom. The van der Waals surface area contributed by atoms with E-state index in [9.17, 15) is 9.59 Å². The summed E-state index contributed by atoms with van der Waals surface area (Å²) in [5.74, 6) is -0.527. The molecule has 7 heteroatoms. The molecule has 0 spiro atoms. The van der Waals surface area contributed by atoms with Gasteiger partial charge in [0.25, 0.3) is 5.91 Å². The third-order valence-corrected chi connectivity index (χ3v) is 4.28. The number of ether oxygens (including phenoxy) is 1. The van der Waals surface area contributed by atoms with Gasteiger partial charge in [-0.3, -0.25) is 4.79 Å². The summed E-state index contributed by atoms with van der Waals surface area (Å²) >= 11 is 11.7. The van der Waals surface area contributed by atoms with Gasteiger partial charge in [0.05, 0.1) is 16.6 Å². The predicted molar refractivity (Wildman–Crippen MR) is 99.5 cm³/mol. The van der Waals surface area contributed by atoms with Crippen LogP contribution >= 0.6 is 23.2 Å². The van der Waals surface area contributed by atoms with Crippen molar-refractivity contribution in [2.75, 3.05) is 6.61 Å². The standard InChI is InChI=1S/C19H15Cl2NO4/c1-11(17-8-12-4-2-3-5-16(12)26-17)22-18(23)10-25-19(24)14-7-6-13(20)9-15(14)21/h2-9,11H,10H2,1H3,(H,22,23). The second-order valence-corrected chi connectivity index (χ2v) is 6.52. The van der Waals surface area contributed by atoms with E-state index in [4.69, 9.17) is 32.4 Å². The van der Waals surface area contributed by atoms with Gasteiger partial charge in [0, 0.05) is 10.4 Å². The maximum absolute atomic E-state index is 12.0. The van der Waals surface area contributed by atoms with E-state index in [0.29, 0.717) is 10.8 Å². The summed E-state index contributed by atoms with van der Waals surface area (Å²) in [5, 5.41) is 4.25. The Kier molecular flexibility index (Phi) is 5.49. The van der Waals surface area contributed by atoms with Gasteiger partial charge < -0.3 is 14.5 Å². The van der Waals surface area contributed by atoms with Crippen LogP contribution in [0.1, 0.15) is 29.1 Å². The summed E-state index contributed by atoms with van der Waals surface area (Å²) in [4.78, 5) is 24.0. The largest absolute Gasteiger partial charge is 0.459 e. The molecule has 0 bridgehead atoms. The van der Waals surface area contributed by atoms with Gasteiger partial charge in [-0.15, -0.1) is 0 Å². The van der Waals surface area contributed by atoms with Crippen molar-refractivity contribution >= 4 is 46.0 Å². The fourth-order valence-electron chi connectivity index (χ4n) is 2.43. The number of esters is 1. The second kappa shape index (κ2) is 7.81. The van der Waals surface area contributed by atoms with Gasteiger partial charge in [0.1, 0.15) is 11.3 Å². The molecule has 2 aromatic carbocycles. The molecule has 1 unspecified atom stereocenters. The summed E-state index contributed by atoms with van der Waals surface area (Å²) in [6.07, 6.45) is 0. The highest BCUT2D eigenvalue weighted by atomic mass is 35.5. The lowest BCUT2D eigenvalue weighted by molar-refractivity contribution is -0.125. The molecule has 0 aliphatic rings. The van der Waals surface area contributed by atoms with Crippen LogP contribution in [0, 0.1) is 0 Å². The number of rotatable bonds is 5. The van der Waals surface area contributed by atoms with Gasteiger partial charge in [-0.1, -0.05) is 41.4 Å². The zero-order chi connectivity index (χ0) is 18.7. The number of furan rings is 1. The fourth-order valence-corrected chi connectivity index (χ4v) is 2.92. The first-order chi connectivity index (χ1) is 12.4. The maximum atomic E-state index is 12.0. The first kappa shape index (κ1) is 18.3. The van der Waals surface area contributed by atoms with Crippen molar-refractivity contribution in [2.24, 2.45) is 0 Å². The molecule has 5 nitrogen and oxygen atoms in total. The predicted octanol–water partition coefficient (Wildman–Crippen LogP) is 4.77. The summed E-state index contributed by atoms with van der Waals surface area (Å²) in [6.45, 7) is 1.36.